The van der Waals surface area contributed by atoms with Gasteiger partial charge in [-0.15, -0.1) is 5.10 Å². The van der Waals surface area contributed by atoms with Crippen LogP contribution >= 0.6 is 23.2 Å². The Labute approximate surface area is 245 Å². The van der Waals surface area contributed by atoms with Crippen LogP contribution < -0.4 is 10.9 Å². The lowest BCUT2D eigenvalue weighted by Crippen LogP contribution is -2.40. The minimum atomic E-state index is -1.09. The maximum absolute atomic E-state index is 15.3. The number of benzene rings is 2. The van der Waals surface area contributed by atoms with E-state index in [9.17, 15) is 14.4 Å². The van der Waals surface area contributed by atoms with E-state index in [1.807, 2.05) is 0 Å². The van der Waals surface area contributed by atoms with Gasteiger partial charge in [0.2, 0.25) is 5.91 Å². The van der Waals surface area contributed by atoms with Gasteiger partial charge in [0, 0.05) is 55.1 Å². The fourth-order valence-electron chi connectivity index (χ4n) is 5.04. The molecule has 4 aromatic rings. The van der Waals surface area contributed by atoms with Crippen LogP contribution in [-0.2, 0) is 15.1 Å². The average molecular weight is 600 g/mol. The third-order valence-corrected chi connectivity index (χ3v) is 7.73. The molecule has 0 spiro atoms. The molecule has 1 atom stereocenters. The molecule has 12 heteroatoms. The first-order valence-electron chi connectivity index (χ1n) is 12.9. The molecule has 2 aromatic heterocycles. The molecular formula is C29H28Cl2FN5O4. The van der Waals surface area contributed by atoms with Crippen molar-refractivity contribution in [2.75, 3.05) is 18.4 Å². The third-order valence-electron chi connectivity index (χ3n) is 6.93. The van der Waals surface area contributed by atoms with Gasteiger partial charge in [-0.25, -0.2) is 9.18 Å². The van der Waals surface area contributed by atoms with Crippen LogP contribution in [0.15, 0.2) is 59.7 Å². The summed E-state index contributed by atoms with van der Waals surface area (Å²) in [6.07, 6.45) is 2.69. The molecule has 1 aliphatic heterocycles. The molecule has 1 N–H and O–H groups in total. The van der Waals surface area contributed by atoms with Crippen LogP contribution in [-0.4, -0.2) is 49.9 Å². The van der Waals surface area contributed by atoms with Crippen LogP contribution in [0.3, 0.4) is 0 Å². The van der Waals surface area contributed by atoms with E-state index >= 15 is 4.39 Å². The molecule has 214 valence electrons. The van der Waals surface area contributed by atoms with E-state index in [1.54, 1.807) is 56.1 Å². The Balaban J connectivity index is 1.54. The number of pyridine rings is 1. The van der Waals surface area contributed by atoms with Gasteiger partial charge in [-0.3, -0.25) is 14.2 Å². The Hall–Kier alpha value is -3.89. The number of hydrogen-bond acceptors (Lipinski definition) is 6. The van der Waals surface area contributed by atoms with Crippen LogP contribution in [0.4, 0.5) is 14.9 Å². The number of aromatic nitrogens is 3. The monoisotopic (exact) mass is 599 g/mol. The van der Waals surface area contributed by atoms with Crippen molar-refractivity contribution >= 4 is 51.7 Å². The van der Waals surface area contributed by atoms with Crippen molar-refractivity contribution in [2.24, 2.45) is 0 Å². The highest BCUT2D eigenvalue weighted by Gasteiger charge is 2.44. The van der Waals surface area contributed by atoms with Gasteiger partial charge in [0.25, 0.3) is 5.56 Å². The fourth-order valence-corrected chi connectivity index (χ4v) is 5.53. The van der Waals surface area contributed by atoms with Gasteiger partial charge < -0.3 is 15.0 Å². The van der Waals surface area contributed by atoms with E-state index in [-0.39, 0.29) is 39.4 Å². The van der Waals surface area contributed by atoms with Crippen molar-refractivity contribution in [2.45, 2.75) is 45.3 Å². The largest absolute Gasteiger partial charge is 0.442 e. The van der Waals surface area contributed by atoms with Crippen molar-refractivity contribution in [1.82, 2.24) is 19.2 Å². The van der Waals surface area contributed by atoms with Crippen LogP contribution in [0.2, 0.25) is 10.0 Å². The molecule has 1 amide bonds. The number of hydrogen-bond donors (Lipinski definition) is 1. The smallest absolute Gasteiger partial charge is 0.435 e. The first-order valence-corrected chi connectivity index (χ1v) is 13.7. The topological polar surface area (TPSA) is 98.5 Å². The number of nitrogens with one attached hydrogen (secondary N) is 1. The van der Waals surface area contributed by atoms with Gasteiger partial charge >= 0.3 is 6.09 Å². The molecule has 0 unspecified atom stereocenters. The molecule has 2 aromatic carbocycles. The van der Waals surface area contributed by atoms with E-state index < -0.39 is 23.1 Å². The molecule has 3 heterocycles. The summed E-state index contributed by atoms with van der Waals surface area (Å²) in [4.78, 5) is 39.8. The van der Waals surface area contributed by atoms with Crippen molar-refractivity contribution < 1.29 is 18.7 Å². The number of amides is 1. The van der Waals surface area contributed by atoms with Crippen molar-refractivity contribution in [1.29, 1.82) is 0 Å². The van der Waals surface area contributed by atoms with Gasteiger partial charge in [0.15, 0.2) is 5.82 Å². The minimum Gasteiger partial charge on any atom is -0.442 e. The molecule has 1 fully saturated rings. The number of nitrogens with zero attached hydrogens (tertiary/aromatic N) is 4. The van der Waals surface area contributed by atoms with E-state index in [0.717, 1.165) is 4.68 Å². The Kier molecular flexibility index (Phi) is 7.33. The van der Waals surface area contributed by atoms with Crippen LogP contribution in [0, 0.1) is 5.82 Å². The number of likely N-dealkylation sites (tertiary alicyclic amines) is 1. The average Bonchev–Trinajstić information content (AvgIpc) is 3.55. The summed E-state index contributed by atoms with van der Waals surface area (Å²) < 4.78 is 23.0. The number of rotatable bonds is 4. The predicted molar refractivity (Wildman–Crippen MR) is 156 cm³/mol. The maximum Gasteiger partial charge on any atom is 0.435 e. The quantitative estimate of drug-likeness (QED) is 0.290. The second kappa shape index (κ2) is 10.5. The van der Waals surface area contributed by atoms with Crippen LogP contribution in [0.5, 0.6) is 0 Å². The van der Waals surface area contributed by atoms with Crippen LogP contribution in [0.1, 0.15) is 39.7 Å². The zero-order valence-electron chi connectivity index (χ0n) is 22.9. The fraction of sp³-hybridized carbons (Fsp3) is 0.310. The highest BCUT2D eigenvalue weighted by molar-refractivity contribution is 6.42. The maximum atomic E-state index is 15.3. The first-order chi connectivity index (χ1) is 19.3. The Morgan fingerprint density at radius 3 is 2.54 bits per heavy atom. The number of anilines is 1. The number of carbonyl (C=O) groups excluding carboxylic acids is 2. The Morgan fingerprint density at radius 1 is 1.10 bits per heavy atom. The van der Waals surface area contributed by atoms with Crippen molar-refractivity contribution in [3.63, 3.8) is 0 Å². The lowest BCUT2D eigenvalue weighted by atomic mass is 9.87. The molecule has 41 heavy (non-hydrogen) atoms. The standard InChI is InChI=1S/C29H28Cl2FN5O4/c1-17(38)35-14-11-29(16-35,24-22(32)8-7-21(30)25(24)31)33-19-6-5-18-9-12-36(26(39)20(18)15-19)23-10-13-37(34-23)27(40)41-28(2,3)4/h5-10,12-13,15,33H,11,14,16H2,1-4H3/t29-/m1/s1. The van der Waals surface area contributed by atoms with E-state index in [1.165, 1.54) is 35.9 Å². The number of carbonyl (C=O) groups is 2. The summed E-state index contributed by atoms with van der Waals surface area (Å²) in [7, 11) is 0. The lowest BCUT2D eigenvalue weighted by Gasteiger charge is -2.33. The summed E-state index contributed by atoms with van der Waals surface area (Å²) >= 11 is 12.8. The van der Waals surface area contributed by atoms with Gasteiger partial charge in [-0.05, 0) is 62.9 Å². The zero-order chi connectivity index (χ0) is 29.7. The molecular weight excluding hydrogens is 572 g/mol. The summed E-state index contributed by atoms with van der Waals surface area (Å²) in [6.45, 7) is 7.23. The van der Waals surface area contributed by atoms with E-state index in [0.29, 0.717) is 29.4 Å². The molecule has 0 radical (unpaired) electrons. The minimum absolute atomic E-state index is 0.0632. The first kappa shape index (κ1) is 28.6. The number of halogens is 3. The van der Waals surface area contributed by atoms with Crippen molar-refractivity contribution in [3.8, 4) is 5.82 Å². The second-order valence-corrected chi connectivity index (χ2v) is 11.8. The molecule has 5 rings (SSSR count). The molecule has 1 aliphatic rings. The Bertz CT molecular complexity index is 1750. The van der Waals surface area contributed by atoms with Gasteiger partial charge in [0.1, 0.15) is 11.4 Å². The predicted octanol–water partition coefficient (Wildman–Crippen LogP) is 5.98. The molecule has 0 aliphatic carbocycles. The second-order valence-electron chi connectivity index (χ2n) is 11.0. The summed E-state index contributed by atoms with van der Waals surface area (Å²) in [5, 5.41) is 8.88. The third kappa shape index (κ3) is 5.54. The number of fused-ring (bicyclic) bond motifs is 1. The van der Waals surface area contributed by atoms with Gasteiger partial charge in [-0.2, -0.15) is 4.68 Å². The van der Waals surface area contributed by atoms with Crippen molar-refractivity contribution in [3.05, 3.63) is 86.6 Å². The molecule has 0 saturated carbocycles. The normalized spacial score (nSPS) is 17.2. The number of ether oxygens (including phenoxy) is 1. The molecule has 0 bridgehead atoms. The molecule has 1 saturated heterocycles. The van der Waals surface area contributed by atoms with Gasteiger partial charge in [-0.1, -0.05) is 29.3 Å². The highest BCUT2D eigenvalue weighted by Crippen LogP contribution is 2.43. The summed E-state index contributed by atoms with van der Waals surface area (Å²) in [5.41, 5.74) is -1.49. The van der Waals surface area contributed by atoms with E-state index in [2.05, 4.69) is 10.4 Å². The zero-order valence-corrected chi connectivity index (χ0v) is 24.4. The highest BCUT2D eigenvalue weighted by atomic mass is 35.5. The van der Waals surface area contributed by atoms with Gasteiger partial charge in [0.05, 0.1) is 15.6 Å². The van der Waals surface area contributed by atoms with E-state index in [4.69, 9.17) is 27.9 Å². The molecule has 9 nitrogen and oxygen atoms in total. The lowest BCUT2D eigenvalue weighted by molar-refractivity contribution is -0.127. The Morgan fingerprint density at radius 2 is 1.85 bits per heavy atom. The SMILES string of the molecule is CC(=O)N1CC[C@](Nc2ccc3ccn(-c4ccn(C(=O)OC(C)(C)C)n4)c(=O)c3c2)(c2c(F)ccc(Cl)c2Cl)C1. The summed E-state index contributed by atoms with van der Waals surface area (Å²) in [5.74, 6) is -0.473. The van der Waals surface area contributed by atoms with Crippen LogP contribution in [0.25, 0.3) is 16.6 Å². The summed E-state index contributed by atoms with van der Waals surface area (Å²) in [6, 6.07) is 11.1.